The van der Waals surface area contributed by atoms with Gasteiger partial charge in [0.2, 0.25) is 5.91 Å². The molecule has 0 radical (unpaired) electrons. The summed E-state index contributed by atoms with van der Waals surface area (Å²) in [4.78, 5) is 23.4. The van der Waals surface area contributed by atoms with Crippen LogP contribution in [0.3, 0.4) is 0 Å². The van der Waals surface area contributed by atoms with Crippen LogP contribution in [0.15, 0.2) is 0 Å². The maximum Gasteiger partial charge on any atom is 0.315 e. The van der Waals surface area contributed by atoms with Crippen molar-refractivity contribution in [3.8, 4) is 0 Å². The van der Waals surface area contributed by atoms with E-state index in [1.807, 2.05) is 0 Å². The van der Waals surface area contributed by atoms with E-state index in [9.17, 15) is 9.59 Å². The summed E-state index contributed by atoms with van der Waals surface area (Å²) in [6.07, 6.45) is 10.4. The van der Waals surface area contributed by atoms with Crippen molar-refractivity contribution in [2.45, 2.75) is 90.1 Å². The first-order chi connectivity index (χ1) is 10.7. The molecule has 0 aromatic heterocycles. The van der Waals surface area contributed by atoms with E-state index in [0.717, 1.165) is 25.7 Å². The quantitative estimate of drug-likeness (QED) is 0.573. The fourth-order valence-corrected chi connectivity index (χ4v) is 2.85. The minimum Gasteiger partial charge on any atom is -0.356 e. The fourth-order valence-electron chi connectivity index (χ4n) is 2.85. The van der Waals surface area contributed by atoms with Gasteiger partial charge in [-0.2, -0.15) is 0 Å². The molecule has 1 saturated heterocycles. The molecule has 0 saturated carbocycles. The Bertz CT molecular complexity index is 334. The van der Waals surface area contributed by atoms with E-state index in [1.54, 1.807) is 0 Å². The van der Waals surface area contributed by atoms with Gasteiger partial charge in [-0.25, -0.2) is 4.79 Å². The standard InChI is InChI=1S/C17H33N3O2/c1-3-5-6-7-8-9-14(4-2)19-17(22)20-15-10-11-16(21)18-13-12-15/h14-15H,3-13H2,1-2H3,(H,18,21)(H2,19,20,22). The Morgan fingerprint density at radius 1 is 1.23 bits per heavy atom. The fraction of sp³-hybridized carbons (Fsp3) is 0.882. The molecule has 22 heavy (non-hydrogen) atoms. The van der Waals surface area contributed by atoms with Crippen molar-refractivity contribution in [3.63, 3.8) is 0 Å². The molecule has 0 bridgehead atoms. The van der Waals surface area contributed by atoms with Crippen LogP contribution < -0.4 is 16.0 Å². The molecule has 0 aromatic carbocycles. The molecule has 2 unspecified atom stereocenters. The van der Waals surface area contributed by atoms with Gasteiger partial charge in [0.25, 0.3) is 0 Å². The molecule has 3 N–H and O–H groups in total. The van der Waals surface area contributed by atoms with Crippen molar-refractivity contribution < 1.29 is 9.59 Å². The SMILES string of the molecule is CCCCCCCC(CC)NC(=O)NC1CCNC(=O)CC1. The van der Waals surface area contributed by atoms with Crippen LogP contribution in [0.2, 0.25) is 0 Å². The lowest BCUT2D eigenvalue weighted by Gasteiger charge is -2.21. The number of urea groups is 1. The van der Waals surface area contributed by atoms with Gasteiger partial charge in [-0.1, -0.05) is 46.0 Å². The molecule has 128 valence electrons. The molecule has 1 heterocycles. The predicted octanol–water partition coefficient (Wildman–Crippen LogP) is 3.09. The zero-order valence-electron chi connectivity index (χ0n) is 14.2. The van der Waals surface area contributed by atoms with Crippen LogP contribution in [-0.4, -0.2) is 30.6 Å². The molecule has 1 aliphatic rings. The molecule has 1 fully saturated rings. The Morgan fingerprint density at radius 3 is 2.73 bits per heavy atom. The Labute approximate surface area is 135 Å². The summed E-state index contributed by atoms with van der Waals surface area (Å²) >= 11 is 0. The maximum atomic E-state index is 12.1. The highest BCUT2D eigenvalue weighted by atomic mass is 16.2. The summed E-state index contributed by atoms with van der Waals surface area (Å²) in [6, 6.07) is 0.271. The van der Waals surface area contributed by atoms with Crippen molar-refractivity contribution in [1.82, 2.24) is 16.0 Å². The molecule has 1 rings (SSSR count). The third kappa shape index (κ3) is 8.25. The molecule has 3 amide bonds. The lowest BCUT2D eigenvalue weighted by Crippen LogP contribution is -2.46. The van der Waals surface area contributed by atoms with E-state index < -0.39 is 0 Å². The number of carbonyl (C=O) groups is 2. The highest BCUT2D eigenvalue weighted by Crippen LogP contribution is 2.10. The summed E-state index contributed by atoms with van der Waals surface area (Å²) < 4.78 is 0. The number of amides is 3. The minimum absolute atomic E-state index is 0.0836. The molecule has 5 heteroatoms. The van der Waals surface area contributed by atoms with Crippen LogP contribution in [0.5, 0.6) is 0 Å². The van der Waals surface area contributed by atoms with Gasteiger partial charge in [-0.05, 0) is 25.7 Å². The predicted molar refractivity (Wildman–Crippen MR) is 89.8 cm³/mol. The summed E-state index contributed by atoms with van der Waals surface area (Å²) in [7, 11) is 0. The second-order valence-corrected chi connectivity index (χ2v) is 6.30. The Morgan fingerprint density at radius 2 is 2.00 bits per heavy atom. The number of hydrogen-bond donors (Lipinski definition) is 3. The molecule has 0 spiro atoms. The van der Waals surface area contributed by atoms with Gasteiger partial charge in [0.05, 0.1) is 0 Å². The van der Waals surface area contributed by atoms with Crippen molar-refractivity contribution in [1.29, 1.82) is 0 Å². The monoisotopic (exact) mass is 311 g/mol. The number of nitrogens with one attached hydrogen (secondary N) is 3. The zero-order chi connectivity index (χ0) is 16.2. The third-order valence-corrected chi connectivity index (χ3v) is 4.35. The number of hydrogen-bond acceptors (Lipinski definition) is 2. The van der Waals surface area contributed by atoms with Gasteiger partial charge in [0.15, 0.2) is 0 Å². The largest absolute Gasteiger partial charge is 0.356 e. The van der Waals surface area contributed by atoms with Gasteiger partial charge in [0, 0.05) is 25.0 Å². The average Bonchev–Trinajstić information content (AvgIpc) is 2.70. The average molecular weight is 311 g/mol. The minimum atomic E-state index is -0.0836. The van der Waals surface area contributed by atoms with Gasteiger partial charge in [-0.3, -0.25) is 4.79 Å². The summed E-state index contributed by atoms with van der Waals surface area (Å²) in [6.45, 7) is 4.99. The van der Waals surface area contributed by atoms with E-state index >= 15 is 0 Å². The highest BCUT2D eigenvalue weighted by molar-refractivity contribution is 5.77. The van der Waals surface area contributed by atoms with E-state index in [1.165, 1.54) is 32.1 Å². The molecule has 0 aliphatic carbocycles. The van der Waals surface area contributed by atoms with Crippen LogP contribution >= 0.6 is 0 Å². The molecule has 5 nitrogen and oxygen atoms in total. The van der Waals surface area contributed by atoms with Crippen molar-refractivity contribution in [2.24, 2.45) is 0 Å². The first-order valence-electron chi connectivity index (χ1n) is 8.99. The Hall–Kier alpha value is -1.26. The molecule has 2 atom stereocenters. The first-order valence-corrected chi connectivity index (χ1v) is 8.99. The molecular weight excluding hydrogens is 278 g/mol. The number of unbranched alkanes of at least 4 members (excludes halogenated alkanes) is 4. The normalized spacial score (nSPS) is 19.9. The highest BCUT2D eigenvalue weighted by Gasteiger charge is 2.18. The van der Waals surface area contributed by atoms with Crippen molar-refractivity contribution in [3.05, 3.63) is 0 Å². The van der Waals surface area contributed by atoms with Crippen LogP contribution in [0.25, 0.3) is 0 Å². The topological polar surface area (TPSA) is 70.2 Å². The van der Waals surface area contributed by atoms with Gasteiger partial charge in [0.1, 0.15) is 0 Å². The summed E-state index contributed by atoms with van der Waals surface area (Å²) in [5, 5.41) is 8.93. The van der Waals surface area contributed by atoms with Crippen LogP contribution in [-0.2, 0) is 4.79 Å². The summed E-state index contributed by atoms with van der Waals surface area (Å²) in [5.41, 5.74) is 0. The molecular formula is C17H33N3O2. The molecule has 1 aliphatic heterocycles. The number of rotatable bonds is 9. The second kappa shape index (κ2) is 11.3. The van der Waals surface area contributed by atoms with Crippen molar-refractivity contribution in [2.75, 3.05) is 6.54 Å². The van der Waals surface area contributed by atoms with Crippen LogP contribution in [0.4, 0.5) is 4.79 Å². The van der Waals surface area contributed by atoms with E-state index in [0.29, 0.717) is 13.0 Å². The smallest absolute Gasteiger partial charge is 0.315 e. The Kier molecular flexibility index (Phi) is 9.67. The van der Waals surface area contributed by atoms with Gasteiger partial charge < -0.3 is 16.0 Å². The van der Waals surface area contributed by atoms with Crippen molar-refractivity contribution >= 4 is 11.9 Å². The van der Waals surface area contributed by atoms with E-state index in [2.05, 4.69) is 29.8 Å². The molecule has 0 aromatic rings. The third-order valence-electron chi connectivity index (χ3n) is 4.35. The maximum absolute atomic E-state index is 12.1. The summed E-state index contributed by atoms with van der Waals surface area (Å²) in [5.74, 6) is 0.0863. The number of carbonyl (C=O) groups excluding carboxylic acids is 2. The first kappa shape index (κ1) is 18.8. The second-order valence-electron chi connectivity index (χ2n) is 6.30. The van der Waals surface area contributed by atoms with E-state index in [-0.39, 0.29) is 24.0 Å². The van der Waals surface area contributed by atoms with Gasteiger partial charge >= 0.3 is 6.03 Å². The van der Waals surface area contributed by atoms with Gasteiger partial charge in [-0.15, -0.1) is 0 Å². The van der Waals surface area contributed by atoms with Crippen LogP contribution in [0, 0.1) is 0 Å². The van der Waals surface area contributed by atoms with Crippen LogP contribution in [0.1, 0.15) is 78.1 Å². The lowest BCUT2D eigenvalue weighted by molar-refractivity contribution is -0.120. The van der Waals surface area contributed by atoms with E-state index in [4.69, 9.17) is 0 Å². The zero-order valence-corrected chi connectivity index (χ0v) is 14.2. The lowest BCUT2D eigenvalue weighted by atomic mass is 10.0. The Balaban J connectivity index is 2.21.